The van der Waals surface area contributed by atoms with Crippen LogP contribution in [0.2, 0.25) is 0 Å². The Kier molecular flexibility index (Phi) is 7.38. The van der Waals surface area contributed by atoms with E-state index in [1.807, 2.05) is 56.3 Å². The highest BCUT2D eigenvalue weighted by Gasteiger charge is 2.44. The van der Waals surface area contributed by atoms with Gasteiger partial charge in [0, 0.05) is 12.1 Å². The number of hydrogen-bond acceptors (Lipinski definition) is 5. The molecule has 7 nitrogen and oxygen atoms in total. The van der Waals surface area contributed by atoms with Gasteiger partial charge in [0.15, 0.2) is 11.5 Å². The maximum absolute atomic E-state index is 13.7. The fourth-order valence-electron chi connectivity index (χ4n) is 4.48. The second-order valence-electron chi connectivity index (χ2n) is 8.88. The second-order valence-corrected chi connectivity index (χ2v) is 8.88. The molecule has 3 amide bonds. The summed E-state index contributed by atoms with van der Waals surface area (Å²) >= 11 is 0. The highest BCUT2D eigenvalue weighted by molar-refractivity contribution is 6.23. The van der Waals surface area contributed by atoms with Gasteiger partial charge in [0.25, 0.3) is 11.8 Å². The van der Waals surface area contributed by atoms with E-state index in [1.165, 1.54) is 9.80 Å². The van der Waals surface area contributed by atoms with Crippen molar-refractivity contribution in [3.8, 4) is 11.5 Å². The summed E-state index contributed by atoms with van der Waals surface area (Å²) in [6.07, 6.45) is 0.413. The standard InChI is InChI=1S/C29H30N2O5/c1-19-9-12-22(13-10-19)31-27(32)18-24(29(31)34)30(28(33)23-8-6-5-7-20(23)2)16-15-21-11-14-25(35-3)26(17-21)36-4/h5-14,17,24H,15-16,18H2,1-4H3. The zero-order valence-electron chi connectivity index (χ0n) is 21.0. The molecule has 1 heterocycles. The molecule has 1 saturated heterocycles. The van der Waals surface area contributed by atoms with Crippen molar-refractivity contribution in [3.63, 3.8) is 0 Å². The Bertz CT molecular complexity index is 1290. The van der Waals surface area contributed by atoms with Crippen molar-refractivity contribution < 1.29 is 23.9 Å². The number of aryl methyl sites for hydroxylation is 2. The van der Waals surface area contributed by atoms with Gasteiger partial charge in [-0.2, -0.15) is 0 Å². The van der Waals surface area contributed by atoms with Gasteiger partial charge in [0.2, 0.25) is 5.91 Å². The third-order valence-corrected chi connectivity index (χ3v) is 6.52. The number of hydrogen-bond donors (Lipinski definition) is 0. The third kappa shape index (κ3) is 4.96. The molecule has 0 aliphatic carbocycles. The van der Waals surface area contributed by atoms with Crippen LogP contribution in [0.25, 0.3) is 0 Å². The van der Waals surface area contributed by atoms with Crippen LogP contribution in [0.3, 0.4) is 0 Å². The van der Waals surface area contributed by atoms with E-state index in [9.17, 15) is 14.4 Å². The Morgan fingerprint density at radius 1 is 0.944 bits per heavy atom. The van der Waals surface area contributed by atoms with Crippen molar-refractivity contribution in [2.45, 2.75) is 32.7 Å². The van der Waals surface area contributed by atoms with E-state index < -0.39 is 11.9 Å². The molecule has 1 fully saturated rings. The number of carbonyl (C=O) groups is 3. The molecule has 1 atom stereocenters. The molecule has 0 spiro atoms. The highest BCUT2D eigenvalue weighted by Crippen LogP contribution is 2.30. The normalized spacial score (nSPS) is 15.2. The highest BCUT2D eigenvalue weighted by atomic mass is 16.5. The van der Waals surface area contributed by atoms with Gasteiger partial charge in [-0.1, -0.05) is 42.0 Å². The number of methoxy groups -OCH3 is 2. The van der Waals surface area contributed by atoms with Crippen molar-refractivity contribution in [1.29, 1.82) is 0 Å². The Labute approximate surface area is 211 Å². The van der Waals surface area contributed by atoms with Crippen LogP contribution in [0.5, 0.6) is 11.5 Å². The Morgan fingerprint density at radius 3 is 2.31 bits per heavy atom. The molecule has 186 valence electrons. The number of anilines is 1. The quantitative estimate of drug-likeness (QED) is 0.443. The van der Waals surface area contributed by atoms with Crippen LogP contribution in [-0.2, 0) is 16.0 Å². The number of benzene rings is 3. The monoisotopic (exact) mass is 486 g/mol. The first kappa shape index (κ1) is 25.0. The van der Waals surface area contributed by atoms with Crippen molar-refractivity contribution in [2.24, 2.45) is 0 Å². The maximum atomic E-state index is 13.7. The third-order valence-electron chi connectivity index (χ3n) is 6.52. The number of carbonyl (C=O) groups excluding carboxylic acids is 3. The summed E-state index contributed by atoms with van der Waals surface area (Å²) in [7, 11) is 3.14. The van der Waals surface area contributed by atoms with Gasteiger partial charge in [-0.25, -0.2) is 4.90 Å². The Hall–Kier alpha value is -4.13. The molecule has 7 heteroatoms. The number of imide groups is 1. The van der Waals surface area contributed by atoms with Crippen LogP contribution in [-0.4, -0.2) is 49.4 Å². The van der Waals surface area contributed by atoms with Gasteiger partial charge >= 0.3 is 0 Å². The summed E-state index contributed by atoms with van der Waals surface area (Å²) < 4.78 is 10.7. The molecular weight excluding hydrogens is 456 g/mol. The molecule has 1 aliphatic heterocycles. The molecule has 0 N–H and O–H groups in total. The van der Waals surface area contributed by atoms with Crippen molar-refractivity contribution in [3.05, 3.63) is 89.0 Å². The van der Waals surface area contributed by atoms with E-state index in [0.29, 0.717) is 29.2 Å². The number of nitrogens with zero attached hydrogens (tertiary/aromatic N) is 2. The molecule has 0 bridgehead atoms. The lowest BCUT2D eigenvalue weighted by atomic mass is 10.0. The lowest BCUT2D eigenvalue weighted by Crippen LogP contribution is -2.46. The van der Waals surface area contributed by atoms with E-state index >= 15 is 0 Å². The minimum Gasteiger partial charge on any atom is -0.493 e. The maximum Gasteiger partial charge on any atom is 0.257 e. The molecular formula is C29H30N2O5. The summed E-state index contributed by atoms with van der Waals surface area (Å²) in [6, 6.07) is 19.2. The lowest BCUT2D eigenvalue weighted by Gasteiger charge is -2.28. The SMILES string of the molecule is COc1ccc(CCN(C(=O)c2ccccc2C)C2CC(=O)N(c3ccc(C)cc3)C2=O)cc1OC. The van der Waals surface area contributed by atoms with E-state index in [4.69, 9.17) is 9.47 Å². The summed E-state index contributed by atoms with van der Waals surface area (Å²) in [5.41, 5.74) is 3.79. The summed E-state index contributed by atoms with van der Waals surface area (Å²) in [5.74, 6) is 0.218. The summed E-state index contributed by atoms with van der Waals surface area (Å²) in [5, 5.41) is 0. The predicted octanol–water partition coefficient (Wildman–Crippen LogP) is 4.34. The Morgan fingerprint density at radius 2 is 1.64 bits per heavy atom. The minimum absolute atomic E-state index is 0.0593. The van der Waals surface area contributed by atoms with Crippen molar-refractivity contribution in [1.82, 2.24) is 4.90 Å². The van der Waals surface area contributed by atoms with E-state index in [1.54, 1.807) is 38.5 Å². The molecule has 0 saturated carbocycles. The first-order valence-electron chi connectivity index (χ1n) is 11.8. The minimum atomic E-state index is -0.883. The number of rotatable bonds is 8. The zero-order chi connectivity index (χ0) is 25.8. The van der Waals surface area contributed by atoms with E-state index in [0.717, 1.165) is 16.7 Å². The smallest absolute Gasteiger partial charge is 0.257 e. The molecule has 1 aliphatic rings. The largest absolute Gasteiger partial charge is 0.493 e. The lowest BCUT2D eigenvalue weighted by molar-refractivity contribution is -0.122. The number of amides is 3. The molecule has 3 aromatic rings. The first-order chi connectivity index (χ1) is 17.3. The van der Waals surface area contributed by atoms with Gasteiger partial charge in [-0.05, 0) is 61.7 Å². The molecule has 4 rings (SSSR count). The fourth-order valence-corrected chi connectivity index (χ4v) is 4.48. The fraction of sp³-hybridized carbons (Fsp3) is 0.276. The van der Waals surface area contributed by atoms with Crippen molar-refractivity contribution >= 4 is 23.4 Å². The van der Waals surface area contributed by atoms with E-state index in [2.05, 4.69) is 0 Å². The van der Waals surface area contributed by atoms with Crippen LogP contribution < -0.4 is 14.4 Å². The van der Waals surface area contributed by atoms with Crippen LogP contribution in [0.4, 0.5) is 5.69 Å². The second kappa shape index (κ2) is 10.6. The topological polar surface area (TPSA) is 76.2 Å². The molecule has 36 heavy (non-hydrogen) atoms. The van der Waals surface area contributed by atoms with Gasteiger partial charge in [-0.3, -0.25) is 14.4 Å². The van der Waals surface area contributed by atoms with Gasteiger partial charge in [-0.15, -0.1) is 0 Å². The zero-order valence-corrected chi connectivity index (χ0v) is 21.0. The molecule has 0 aromatic heterocycles. The summed E-state index contributed by atoms with van der Waals surface area (Å²) in [6.45, 7) is 4.06. The van der Waals surface area contributed by atoms with Gasteiger partial charge in [0.05, 0.1) is 26.3 Å². The van der Waals surface area contributed by atoms with Gasteiger partial charge in [0.1, 0.15) is 6.04 Å². The van der Waals surface area contributed by atoms with Crippen LogP contribution in [0.15, 0.2) is 66.7 Å². The molecule has 3 aromatic carbocycles. The molecule has 1 unspecified atom stereocenters. The first-order valence-corrected chi connectivity index (χ1v) is 11.8. The van der Waals surface area contributed by atoms with Crippen LogP contribution in [0.1, 0.15) is 33.5 Å². The molecule has 0 radical (unpaired) electrons. The van der Waals surface area contributed by atoms with Crippen LogP contribution in [0, 0.1) is 13.8 Å². The van der Waals surface area contributed by atoms with Crippen molar-refractivity contribution in [2.75, 3.05) is 25.7 Å². The predicted molar refractivity (Wildman–Crippen MR) is 138 cm³/mol. The Balaban J connectivity index is 1.65. The number of ether oxygens (including phenoxy) is 2. The van der Waals surface area contributed by atoms with Crippen LogP contribution >= 0.6 is 0 Å². The average Bonchev–Trinajstić information content (AvgIpc) is 3.18. The van der Waals surface area contributed by atoms with E-state index in [-0.39, 0.29) is 24.8 Å². The van der Waals surface area contributed by atoms with Gasteiger partial charge < -0.3 is 14.4 Å². The average molecular weight is 487 g/mol. The summed E-state index contributed by atoms with van der Waals surface area (Å²) in [4.78, 5) is 43.0.